The molecule has 0 heterocycles. The van der Waals surface area contributed by atoms with Crippen molar-refractivity contribution >= 4 is 27.8 Å². The maximum absolute atomic E-state index is 9.30. The standard InChI is InChI=1S/C46H33N/c1-3-10-34(11-4-1)37-18-20-38(21-19-37)40-26-30-45(31-27-40)47(44-28-24-39(25-29-44)35-12-5-2-6-13-35)46-17-9-16-42(33-46)43-23-22-36-14-7-8-15-41(36)32-43/h1-33H/i24D,25D,28D,29D. The number of fused-ring (bicyclic) bond motifs is 1. The van der Waals surface area contributed by atoms with Crippen molar-refractivity contribution in [1.29, 1.82) is 0 Å². The molecule has 0 amide bonds. The van der Waals surface area contributed by atoms with E-state index < -0.39 is 0 Å². The summed E-state index contributed by atoms with van der Waals surface area (Å²) in [6.07, 6.45) is 0. The van der Waals surface area contributed by atoms with Gasteiger partial charge in [0.1, 0.15) is 0 Å². The first-order valence-electron chi connectivity index (χ1n) is 17.8. The molecule has 0 spiro atoms. The van der Waals surface area contributed by atoms with Crippen molar-refractivity contribution in [1.82, 2.24) is 0 Å². The predicted molar refractivity (Wildman–Crippen MR) is 200 cm³/mol. The van der Waals surface area contributed by atoms with E-state index >= 15 is 0 Å². The van der Waals surface area contributed by atoms with E-state index in [2.05, 4.69) is 78.9 Å². The van der Waals surface area contributed by atoms with Gasteiger partial charge in [0.25, 0.3) is 0 Å². The van der Waals surface area contributed by atoms with Crippen LogP contribution in [-0.4, -0.2) is 0 Å². The van der Waals surface area contributed by atoms with Crippen molar-refractivity contribution < 1.29 is 5.48 Å². The van der Waals surface area contributed by atoms with Gasteiger partial charge in [-0.2, -0.15) is 0 Å². The maximum Gasteiger partial charge on any atom is 0.0645 e. The minimum Gasteiger partial charge on any atom is -0.310 e. The van der Waals surface area contributed by atoms with Crippen molar-refractivity contribution in [2.75, 3.05) is 4.90 Å². The molecular formula is C46H33N. The number of rotatable bonds is 7. The Kier molecular flexibility index (Phi) is 6.50. The molecule has 0 saturated heterocycles. The van der Waals surface area contributed by atoms with Crippen LogP contribution in [0.1, 0.15) is 5.48 Å². The van der Waals surface area contributed by atoms with E-state index in [0.717, 1.165) is 50.0 Å². The molecule has 0 fully saturated rings. The van der Waals surface area contributed by atoms with E-state index in [0.29, 0.717) is 5.56 Å². The monoisotopic (exact) mass is 603 g/mol. The maximum atomic E-state index is 9.30. The zero-order chi connectivity index (χ0) is 34.9. The minimum absolute atomic E-state index is 0.0805. The first-order chi connectivity index (χ1) is 25.0. The van der Waals surface area contributed by atoms with Crippen LogP contribution >= 0.6 is 0 Å². The summed E-state index contributed by atoms with van der Waals surface area (Å²) in [6, 6.07) is 58.4. The topological polar surface area (TPSA) is 3.24 Å². The van der Waals surface area contributed by atoms with E-state index in [1.807, 2.05) is 102 Å². The van der Waals surface area contributed by atoms with E-state index in [9.17, 15) is 2.74 Å². The summed E-state index contributed by atoms with van der Waals surface area (Å²) in [5.41, 5.74) is 9.03. The molecular weight excluding hydrogens is 567 g/mol. The van der Waals surface area contributed by atoms with Gasteiger partial charge in [-0.25, -0.2) is 0 Å². The van der Waals surface area contributed by atoms with Crippen LogP contribution in [0.5, 0.6) is 0 Å². The minimum atomic E-state index is -0.105. The molecule has 8 aromatic rings. The van der Waals surface area contributed by atoms with Crippen LogP contribution in [-0.2, 0) is 0 Å². The molecule has 0 N–H and O–H groups in total. The highest BCUT2D eigenvalue weighted by molar-refractivity contribution is 5.89. The van der Waals surface area contributed by atoms with Crippen LogP contribution in [0, 0.1) is 0 Å². The average molecular weight is 604 g/mol. The van der Waals surface area contributed by atoms with E-state index in [-0.39, 0.29) is 35.4 Å². The lowest BCUT2D eigenvalue weighted by Crippen LogP contribution is -2.10. The van der Waals surface area contributed by atoms with Gasteiger partial charge in [0.15, 0.2) is 0 Å². The Hall–Kier alpha value is -6.18. The van der Waals surface area contributed by atoms with E-state index in [1.54, 1.807) is 0 Å². The molecule has 0 aliphatic rings. The van der Waals surface area contributed by atoms with Gasteiger partial charge >= 0.3 is 0 Å². The van der Waals surface area contributed by atoms with Gasteiger partial charge in [0.2, 0.25) is 0 Å². The Labute approximate surface area is 282 Å². The fourth-order valence-electron chi connectivity index (χ4n) is 6.06. The summed E-state index contributed by atoms with van der Waals surface area (Å²) >= 11 is 0. The lowest BCUT2D eigenvalue weighted by atomic mass is 9.99. The van der Waals surface area contributed by atoms with Crippen LogP contribution in [0.3, 0.4) is 0 Å². The Morgan fingerprint density at radius 2 is 0.745 bits per heavy atom. The number of nitrogens with zero attached hydrogens (tertiary/aromatic N) is 1. The zero-order valence-corrected chi connectivity index (χ0v) is 25.7. The van der Waals surface area contributed by atoms with E-state index in [1.165, 1.54) is 5.56 Å². The number of benzene rings is 8. The van der Waals surface area contributed by atoms with Crippen LogP contribution < -0.4 is 4.90 Å². The molecule has 1 heteroatoms. The molecule has 222 valence electrons. The molecule has 0 aromatic heterocycles. The molecule has 0 aliphatic carbocycles. The molecule has 47 heavy (non-hydrogen) atoms. The Bertz CT molecular complexity index is 2470. The molecule has 0 atom stereocenters. The molecule has 8 aromatic carbocycles. The van der Waals surface area contributed by atoms with Crippen LogP contribution in [0.4, 0.5) is 17.1 Å². The second-order valence-corrected chi connectivity index (χ2v) is 11.5. The van der Waals surface area contributed by atoms with Crippen LogP contribution in [0.25, 0.3) is 55.3 Å². The second kappa shape index (κ2) is 12.7. The largest absolute Gasteiger partial charge is 0.310 e. The highest BCUT2D eigenvalue weighted by Gasteiger charge is 2.15. The molecule has 0 radical (unpaired) electrons. The number of hydrogen-bond acceptors (Lipinski definition) is 1. The van der Waals surface area contributed by atoms with E-state index in [4.69, 9.17) is 2.74 Å². The van der Waals surface area contributed by atoms with Gasteiger partial charge in [-0.15, -0.1) is 0 Å². The lowest BCUT2D eigenvalue weighted by molar-refractivity contribution is 1.28. The van der Waals surface area contributed by atoms with Gasteiger partial charge in [0, 0.05) is 17.1 Å². The van der Waals surface area contributed by atoms with Crippen LogP contribution in [0.15, 0.2) is 200 Å². The highest BCUT2D eigenvalue weighted by atomic mass is 15.1. The summed E-state index contributed by atoms with van der Waals surface area (Å²) in [6.45, 7) is 0. The quantitative estimate of drug-likeness (QED) is 0.175. The fraction of sp³-hybridized carbons (Fsp3) is 0. The van der Waals surface area contributed by atoms with Crippen molar-refractivity contribution in [2.24, 2.45) is 0 Å². The van der Waals surface area contributed by atoms with Gasteiger partial charge in [0.05, 0.1) is 5.48 Å². The number of anilines is 3. The average Bonchev–Trinajstić information content (AvgIpc) is 3.19. The molecule has 0 aliphatic heterocycles. The summed E-state index contributed by atoms with van der Waals surface area (Å²) < 4.78 is 36.8. The van der Waals surface area contributed by atoms with Crippen molar-refractivity contribution in [2.45, 2.75) is 0 Å². The first-order valence-corrected chi connectivity index (χ1v) is 15.8. The Balaban J connectivity index is 1.25. The van der Waals surface area contributed by atoms with Crippen molar-refractivity contribution in [3.05, 3.63) is 200 Å². The molecule has 8 rings (SSSR count). The summed E-state index contributed by atoms with van der Waals surface area (Å²) in [7, 11) is 0. The number of hydrogen-bond donors (Lipinski definition) is 0. The summed E-state index contributed by atoms with van der Waals surface area (Å²) in [5, 5.41) is 2.30. The Morgan fingerprint density at radius 3 is 1.38 bits per heavy atom. The third-order valence-corrected chi connectivity index (χ3v) is 8.54. The third kappa shape index (κ3) is 5.95. The molecule has 1 nitrogen and oxygen atoms in total. The zero-order valence-electron chi connectivity index (χ0n) is 29.7. The fourth-order valence-corrected chi connectivity index (χ4v) is 6.06. The normalized spacial score (nSPS) is 12.2. The molecule has 0 unspecified atom stereocenters. The lowest BCUT2D eigenvalue weighted by Gasteiger charge is -2.26. The smallest absolute Gasteiger partial charge is 0.0645 e. The van der Waals surface area contributed by atoms with Gasteiger partial charge in [-0.3, -0.25) is 0 Å². The molecule has 0 bridgehead atoms. The second-order valence-electron chi connectivity index (χ2n) is 11.5. The predicted octanol–water partition coefficient (Wildman–Crippen LogP) is 13.0. The van der Waals surface area contributed by atoms with Gasteiger partial charge < -0.3 is 4.90 Å². The van der Waals surface area contributed by atoms with Crippen LogP contribution in [0.2, 0.25) is 0 Å². The van der Waals surface area contributed by atoms with Gasteiger partial charge in [-0.1, -0.05) is 158 Å². The third-order valence-electron chi connectivity index (χ3n) is 8.54. The first kappa shape index (κ1) is 24.1. The molecule has 0 saturated carbocycles. The summed E-state index contributed by atoms with van der Waals surface area (Å²) in [4.78, 5) is 1.85. The Morgan fingerprint density at radius 1 is 0.277 bits per heavy atom. The highest BCUT2D eigenvalue weighted by Crippen LogP contribution is 2.39. The SMILES string of the molecule is [2H]c1c([2H])c(N(c2ccc(-c3ccc(-c4ccccc4)cc3)cc2)c2cccc(-c3ccc4ccccc4c3)c2)c([2H])c([2H])c1-c1ccccc1. The van der Waals surface area contributed by atoms with Crippen molar-refractivity contribution in [3.8, 4) is 44.5 Å². The summed E-state index contributed by atoms with van der Waals surface area (Å²) in [5.74, 6) is 0. The van der Waals surface area contributed by atoms with Crippen molar-refractivity contribution in [3.63, 3.8) is 0 Å². The van der Waals surface area contributed by atoms with Gasteiger partial charge in [-0.05, 0) is 97.7 Å².